The molecule has 2 aromatic heterocycles. The number of rotatable bonds is 6. The Morgan fingerprint density at radius 2 is 1.97 bits per heavy atom. The Labute approximate surface area is 174 Å². The number of aromatic nitrogens is 1. The number of pyridine rings is 1. The number of hydrogen-bond donors (Lipinski definition) is 1. The number of carbonyl (C=O) groups is 1. The number of esters is 1. The lowest BCUT2D eigenvalue weighted by molar-refractivity contribution is -0.143. The first-order valence-electron chi connectivity index (χ1n) is 9.46. The Morgan fingerprint density at radius 3 is 2.69 bits per heavy atom. The molecule has 2 atom stereocenters. The van der Waals surface area contributed by atoms with E-state index in [0.717, 1.165) is 17.0 Å². The van der Waals surface area contributed by atoms with E-state index in [9.17, 15) is 4.79 Å². The van der Waals surface area contributed by atoms with Crippen LogP contribution >= 0.6 is 12.2 Å². The lowest BCUT2D eigenvalue weighted by Crippen LogP contribution is -2.35. The second-order valence-electron chi connectivity index (χ2n) is 6.63. The van der Waals surface area contributed by atoms with Gasteiger partial charge in [-0.25, -0.2) is 0 Å². The molecule has 29 heavy (non-hydrogen) atoms. The summed E-state index contributed by atoms with van der Waals surface area (Å²) in [4.78, 5) is 18.5. The molecule has 4 rings (SSSR count). The van der Waals surface area contributed by atoms with Gasteiger partial charge in [-0.05, 0) is 43.4 Å². The van der Waals surface area contributed by atoms with Gasteiger partial charge in [0.05, 0.1) is 18.3 Å². The number of furan rings is 1. The van der Waals surface area contributed by atoms with Gasteiger partial charge in [0.25, 0.3) is 0 Å². The zero-order chi connectivity index (χ0) is 20.2. The normalized spacial score (nSPS) is 18.5. The van der Waals surface area contributed by atoms with Crippen LogP contribution in [0.15, 0.2) is 71.3 Å². The van der Waals surface area contributed by atoms with Crippen LogP contribution in [0, 0.1) is 0 Å². The van der Waals surface area contributed by atoms with Gasteiger partial charge in [0.15, 0.2) is 5.11 Å². The molecule has 6 nitrogen and oxygen atoms in total. The van der Waals surface area contributed by atoms with Gasteiger partial charge in [0.2, 0.25) is 0 Å². The summed E-state index contributed by atoms with van der Waals surface area (Å²) < 4.78 is 11.3. The number of benzene rings is 1. The van der Waals surface area contributed by atoms with Crippen LogP contribution in [0.4, 0.5) is 0 Å². The highest BCUT2D eigenvalue weighted by atomic mass is 32.1. The molecule has 1 aliphatic heterocycles. The van der Waals surface area contributed by atoms with Crippen LogP contribution in [0.3, 0.4) is 0 Å². The number of hydrogen-bond acceptors (Lipinski definition) is 5. The second-order valence-corrected chi connectivity index (χ2v) is 7.01. The number of nitrogens with zero attached hydrogens (tertiary/aromatic N) is 2. The first-order chi connectivity index (χ1) is 14.2. The first-order valence-corrected chi connectivity index (χ1v) is 9.87. The summed E-state index contributed by atoms with van der Waals surface area (Å²) >= 11 is 5.54. The largest absolute Gasteiger partial charge is 0.465 e. The number of thiocarbonyl (C=S) groups is 1. The molecule has 1 fully saturated rings. The molecule has 148 valence electrons. The van der Waals surface area contributed by atoms with E-state index in [4.69, 9.17) is 21.4 Å². The highest BCUT2D eigenvalue weighted by Gasteiger charge is 2.42. The summed E-state index contributed by atoms with van der Waals surface area (Å²) in [6.45, 7) is 2.14. The predicted molar refractivity (Wildman–Crippen MR) is 113 cm³/mol. The Bertz CT molecular complexity index is 991. The maximum atomic E-state index is 12.2. The van der Waals surface area contributed by atoms with Crippen molar-refractivity contribution in [3.05, 3.63) is 78.3 Å². The number of carbonyl (C=O) groups excluding carboxylic acids is 1. The maximum Gasteiger partial charge on any atom is 0.325 e. The van der Waals surface area contributed by atoms with E-state index in [1.807, 2.05) is 60.7 Å². The molecule has 7 heteroatoms. The minimum atomic E-state index is -0.335. The third kappa shape index (κ3) is 4.00. The quantitative estimate of drug-likeness (QED) is 0.491. The average Bonchev–Trinajstić information content (AvgIpc) is 3.35. The third-order valence-corrected chi connectivity index (χ3v) is 5.13. The average molecular weight is 407 g/mol. The van der Waals surface area contributed by atoms with E-state index in [2.05, 4.69) is 10.3 Å². The van der Waals surface area contributed by atoms with Crippen molar-refractivity contribution in [3.8, 4) is 11.3 Å². The Kier molecular flexibility index (Phi) is 5.57. The summed E-state index contributed by atoms with van der Waals surface area (Å²) in [6.07, 6.45) is 1.74. The van der Waals surface area contributed by atoms with Gasteiger partial charge in [0, 0.05) is 11.8 Å². The monoisotopic (exact) mass is 407 g/mol. The van der Waals surface area contributed by atoms with Crippen LogP contribution in [0.5, 0.6) is 0 Å². The fraction of sp³-hybridized carbons (Fsp3) is 0.227. The lowest BCUT2D eigenvalue weighted by Gasteiger charge is -2.25. The van der Waals surface area contributed by atoms with Crippen LogP contribution in [0.2, 0.25) is 0 Å². The van der Waals surface area contributed by atoms with Crippen molar-refractivity contribution in [1.82, 2.24) is 15.2 Å². The van der Waals surface area contributed by atoms with Crippen LogP contribution < -0.4 is 5.32 Å². The molecule has 1 N–H and O–H groups in total. The van der Waals surface area contributed by atoms with Crippen molar-refractivity contribution < 1.29 is 13.9 Å². The van der Waals surface area contributed by atoms with E-state index in [0.29, 0.717) is 17.5 Å². The van der Waals surface area contributed by atoms with Gasteiger partial charge >= 0.3 is 5.97 Å². The fourth-order valence-corrected chi connectivity index (χ4v) is 3.80. The van der Waals surface area contributed by atoms with Crippen molar-refractivity contribution >= 4 is 23.3 Å². The summed E-state index contributed by atoms with van der Waals surface area (Å²) in [5, 5.41) is 3.76. The zero-order valence-electron chi connectivity index (χ0n) is 15.9. The van der Waals surface area contributed by atoms with Crippen molar-refractivity contribution in [3.63, 3.8) is 0 Å². The smallest absolute Gasteiger partial charge is 0.325 e. The second kappa shape index (κ2) is 8.45. The number of nitrogens with one attached hydrogen (secondary N) is 1. The first kappa shape index (κ1) is 19.1. The van der Waals surface area contributed by atoms with Gasteiger partial charge in [-0.15, -0.1) is 0 Å². The van der Waals surface area contributed by atoms with Gasteiger partial charge < -0.3 is 19.4 Å². The van der Waals surface area contributed by atoms with E-state index in [1.54, 1.807) is 18.0 Å². The molecule has 0 bridgehead atoms. The molecule has 0 radical (unpaired) electrons. The molecule has 0 saturated carbocycles. The topological polar surface area (TPSA) is 67.6 Å². The molecule has 3 aromatic rings. The van der Waals surface area contributed by atoms with Crippen LogP contribution in [0.25, 0.3) is 11.3 Å². The maximum absolute atomic E-state index is 12.2. The lowest BCUT2D eigenvalue weighted by atomic mass is 10.0. The molecule has 0 aliphatic carbocycles. The van der Waals surface area contributed by atoms with Crippen molar-refractivity contribution in [1.29, 1.82) is 0 Å². The van der Waals surface area contributed by atoms with Crippen molar-refractivity contribution in [2.24, 2.45) is 0 Å². The molecule has 1 aliphatic rings. The molecular weight excluding hydrogens is 386 g/mol. The summed E-state index contributed by atoms with van der Waals surface area (Å²) in [5.74, 6) is 1.13. The van der Waals surface area contributed by atoms with Gasteiger partial charge in [-0.3, -0.25) is 9.78 Å². The highest BCUT2D eigenvalue weighted by Crippen LogP contribution is 2.40. The summed E-state index contributed by atoms with van der Waals surface area (Å²) in [6, 6.07) is 18.9. The molecule has 0 unspecified atom stereocenters. The van der Waals surface area contributed by atoms with Crippen LogP contribution in [-0.4, -0.2) is 34.1 Å². The van der Waals surface area contributed by atoms with Gasteiger partial charge in [-0.2, -0.15) is 0 Å². The molecule has 3 heterocycles. The van der Waals surface area contributed by atoms with Gasteiger partial charge in [-0.1, -0.05) is 36.4 Å². The SMILES string of the molecule is CCOC(=O)CN1C(=S)N[C@@H](c2ccccn2)[C@@H]1c1ccc(-c2ccccc2)o1. The van der Waals surface area contributed by atoms with E-state index in [-0.39, 0.29) is 24.6 Å². The predicted octanol–water partition coefficient (Wildman–Crippen LogP) is 3.88. The van der Waals surface area contributed by atoms with E-state index < -0.39 is 0 Å². The molecule has 0 amide bonds. The Morgan fingerprint density at radius 1 is 1.17 bits per heavy atom. The Hall–Kier alpha value is -3.19. The zero-order valence-corrected chi connectivity index (χ0v) is 16.8. The molecule has 1 aromatic carbocycles. The van der Waals surface area contributed by atoms with E-state index in [1.165, 1.54) is 0 Å². The van der Waals surface area contributed by atoms with Crippen molar-refractivity contribution in [2.75, 3.05) is 13.2 Å². The summed E-state index contributed by atoms with van der Waals surface area (Å²) in [5.41, 5.74) is 1.81. The van der Waals surface area contributed by atoms with Gasteiger partial charge in [0.1, 0.15) is 24.1 Å². The molecule has 1 saturated heterocycles. The molecule has 0 spiro atoms. The minimum Gasteiger partial charge on any atom is -0.465 e. The Balaban J connectivity index is 1.70. The highest BCUT2D eigenvalue weighted by molar-refractivity contribution is 7.80. The third-order valence-electron chi connectivity index (χ3n) is 4.78. The minimum absolute atomic E-state index is 0.0367. The standard InChI is InChI=1S/C22H21N3O3S/c1-2-27-19(26)14-25-21(20(24-22(25)29)16-10-6-7-13-23-16)18-12-11-17(28-18)15-8-4-3-5-9-15/h3-13,20-21H,2,14H2,1H3,(H,24,29)/t20-,21-/m0/s1. The van der Waals surface area contributed by atoms with Crippen LogP contribution in [-0.2, 0) is 9.53 Å². The number of ether oxygens (including phenoxy) is 1. The van der Waals surface area contributed by atoms with Crippen molar-refractivity contribution in [2.45, 2.75) is 19.0 Å². The summed E-state index contributed by atoms with van der Waals surface area (Å²) in [7, 11) is 0. The van der Waals surface area contributed by atoms with E-state index >= 15 is 0 Å². The fourth-order valence-electron chi connectivity index (χ4n) is 3.50. The molecular formula is C22H21N3O3S. The van der Waals surface area contributed by atoms with Crippen LogP contribution in [0.1, 0.15) is 30.5 Å².